The lowest BCUT2D eigenvalue weighted by Crippen LogP contribution is -2.41. The van der Waals surface area contributed by atoms with Gasteiger partial charge < -0.3 is 20.4 Å². The smallest absolute Gasteiger partial charge is 0.315 e. The van der Waals surface area contributed by atoms with E-state index in [4.69, 9.17) is 4.74 Å². The number of fused-ring (bicyclic) bond motifs is 1. The van der Waals surface area contributed by atoms with Gasteiger partial charge in [0.15, 0.2) is 0 Å². The van der Waals surface area contributed by atoms with Gasteiger partial charge in [0.2, 0.25) is 5.56 Å². The molecule has 0 saturated carbocycles. The van der Waals surface area contributed by atoms with Crippen LogP contribution in [0.1, 0.15) is 35.7 Å². The molecule has 1 heterocycles. The normalized spacial score (nSPS) is 16.0. The van der Waals surface area contributed by atoms with Crippen molar-refractivity contribution < 1.29 is 9.53 Å². The van der Waals surface area contributed by atoms with Crippen LogP contribution in [0.25, 0.3) is 0 Å². The van der Waals surface area contributed by atoms with Crippen LogP contribution in [0.5, 0.6) is 5.75 Å². The molecular formula is C19H23N3O3. The third kappa shape index (κ3) is 4.62. The largest absolute Gasteiger partial charge is 0.492 e. The highest BCUT2D eigenvalue weighted by atomic mass is 16.5. The molecule has 0 fully saturated rings. The second kappa shape index (κ2) is 7.88. The minimum Gasteiger partial charge on any atom is -0.492 e. The van der Waals surface area contributed by atoms with E-state index >= 15 is 0 Å². The van der Waals surface area contributed by atoms with Crippen molar-refractivity contribution in [3.63, 3.8) is 0 Å². The van der Waals surface area contributed by atoms with Crippen LogP contribution in [0.15, 0.2) is 41.2 Å². The van der Waals surface area contributed by atoms with E-state index in [0.717, 1.165) is 41.8 Å². The number of amides is 2. The van der Waals surface area contributed by atoms with E-state index in [2.05, 4.69) is 15.6 Å². The Labute approximate surface area is 146 Å². The van der Waals surface area contributed by atoms with Crippen LogP contribution in [-0.2, 0) is 6.42 Å². The predicted molar refractivity (Wildman–Crippen MR) is 96.0 cm³/mol. The van der Waals surface area contributed by atoms with Gasteiger partial charge in [-0.3, -0.25) is 4.79 Å². The van der Waals surface area contributed by atoms with Crippen LogP contribution in [0, 0.1) is 6.92 Å². The molecule has 1 atom stereocenters. The lowest BCUT2D eigenvalue weighted by Gasteiger charge is -2.25. The fourth-order valence-electron chi connectivity index (χ4n) is 3.10. The summed E-state index contributed by atoms with van der Waals surface area (Å²) in [5, 5.41) is 5.78. The molecule has 6 heteroatoms. The standard InChI is InChI=1S/C19H23N3O3/c1-13-4-2-5-14(12-13)25-11-10-20-19(24)22-17-7-3-6-16-15(17)8-9-18(23)21-16/h2,4-5,8-9,12,17H,3,6-7,10-11H2,1H3,(H,21,23)(H2,20,22,24)/t17-/m0/s1. The number of aromatic amines is 1. The van der Waals surface area contributed by atoms with E-state index in [1.165, 1.54) is 6.07 Å². The molecule has 6 nitrogen and oxygen atoms in total. The molecule has 0 saturated heterocycles. The summed E-state index contributed by atoms with van der Waals surface area (Å²) in [6, 6.07) is 10.8. The summed E-state index contributed by atoms with van der Waals surface area (Å²) in [5.41, 5.74) is 2.96. The predicted octanol–water partition coefficient (Wildman–Crippen LogP) is 2.44. The summed E-state index contributed by atoms with van der Waals surface area (Å²) in [6.45, 7) is 2.84. The lowest BCUT2D eigenvalue weighted by molar-refractivity contribution is 0.231. The fraction of sp³-hybridized carbons (Fsp3) is 0.368. The third-order valence-corrected chi connectivity index (χ3v) is 4.28. The van der Waals surface area contributed by atoms with Crippen LogP contribution >= 0.6 is 0 Å². The van der Waals surface area contributed by atoms with Gasteiger partial charge in [0.1, 0.15) is 12.4 Å². The number of aryl methyl sites for hydroxylation is 2. The highest BCUT2D eigenvalue weighted by Gasteiger charge is 2.22. The monoisotopic (exact) mass is 341 g/mol. The molecule has 1 aliphatic carbocycles. The zero-order chi connectivity index (χ0) is 17.6. The van der Waals surface area contributed by atoms with Crippen LogP contribution in [-0.4, -0.2) is 24.2 Å². The molecule has 3 rings (SSSR count). The Kier molecular flexibility index (Phi) is 5.38. The van der Waals surface area contributed by atoms with Gasteiger partial charge in [0.25, 0.3) is 0 Å². The minimum atomic E-state index is -0.225. The number of rotatable bonds is 5. The lowest BCUT2D eigenvalue weighted by atomic mass is 9.91. The first-order valence-corrected chi connectivity index (χ1v) is 8.58. The van der Waals surface area contributed by atoms with E-state index in [9.17, 15) is 9.59 Å². The molecule has 3 N–H and O–H groups in total. The Morgan fingerprint density at radius 3 is 3.04 bits per heavy atom. The van der Waals surface area contributed by atoms with Crippen LogP contribution in [0.2, 0.25) is 0 Å². The maximum atomic E-state index is 12.1. The molecule has 1 aromatic heterocycles. The van der Waals surface area contributed by atoms with Gasteiger partial charge in [-0.15, -0.1) is 0 Å². The number of pyridine rings is 1. The maximum Gasteiger partial charge on any atom is 0.315 e. The fourth-order valence-corrected chi connectivity index (χ4v) is 3.10. The molecule has 0 unspecified atom stereocenters. The van der Waals surface area contributed by atoms with Gasteiger partial charge in [0.05, 0.1) is 12.6 Å². The van der Waals surface area contributed by atoms with Gasteiger partial charge in [-0.2, -0.15) is 0 Å². The van der Waals surface area contributed by atoms with E-state index in [-0.39, 0.29) is 17.6 Å². The van der Waals surface area contributed by atoms with Gasteiger partial charge in [-0.25, -0.2) is 4.79 Å². The Bertz CT molecular complexity index is 800. The van der Waals surface area contributed by atoms with Crippen molar-refractivity contribution in [3.8, 4) is 5.75 Å². The summed E-state index contributed by atoms with van der Waals surface area (Å²) < 4.78 is 5.61. The Morgan fingerprint density at radius 2 is 2.20 bits per heavy atom. The number of carbonyl (C=O) groups is 1. The molecular weight excluding hydrogens is 318 g/mol. The summed E-state index contributed by atoms with van der Waals surface area (Å²) in [5.74, 6) is 0.798. The number of ether oxygens (including phenoxy) is 1. The molecule has 1 aliphatic rings. The quantitative estimate of drug-likeness (QED) is 0.731. The molecule has 2 amide bonds. The van der Waals surface area contributed by atoms with Crippen molar-refractivity contribution in [2.75, 3.05) is 13.2 Å². The number of urea groups is 1. The minimum absolute atomic E-state index is 0.0710. The first-order valence-electron chi connectivity index (χ1n) is 8.58. The third-order valence-electron chi connectivity index (χ3n) is 4.28. The van der Waals surface area contributed by atoms with E-state index in [0.29, 0.717) is 13.2 Å². The van der Waals surface area contributed by atoms with Gasteiger partial charge >= 0.3 is 6.03 Å². The molecule has 132 valence electrons. The second-order valence-electron chi connectivity index (χ2n) is 6.27. The summed E-state index contributed by atoms with van der Waals surface area (Å²) in [7, 11) is 0. The molecule has 0 aliphatic heterocycles. The SMILES string of the molecule is Cc1cccc(OCCNC(=O)N[C@H]2CCCc3[nH]c(=O)ccc32)c1. The van der Waals surface area contributed by atoms with Crippen molar-refractivity contribution >= 4 is 6.03 Å². The molecule has 0 radical (unpaired) electrons. The average molecular weight is 341 g/mol. The molecule has 0 bridgehead atoms. The van der Waals surface area contributed by atoms with E-state index in [1.54, 1.807) is 6.07 Å². The number of hydrogen-bond acceptors (Lipinski definition) is 3. The molecule has 25 heavy (non-hydrogen) atoms. The summed E-state index contributed by atoms with van der Waals surface area (Å²) >= 11 is 0. The van der Waals surface area contributed by atoms with E-state index in [1.807, 2.05) is 31.2 Å². The molecule has 0 spiro atoms. The molecule has 2 aromatic rings. The molecule has 1 aromatic carbocycles. The average Bonchev–Trinajstić information content (AvgIpc) is 2.59. The van der Waals surface area contributed by atoms with Crippen molar-refractivity contribution in [1.29, 1.82) is 0 Å². The van der Waals surface area contributed by atoms with Gasteiger partial charge in [-0.1, -0.05) is 12.1 Å². The number of nitrogens with one attached hydrogen (secondary N) is 3. The number of carbonyl (C=O) groups excluding carboxylic acids is 1. The van der Waals surface area contributed by atoms with Gasteiger partial charge in [-0.05, 0) is 55.5 Å². The van der Waals surface area contributed by atoms with Crippen LogP contribution in [0.4, 0.5) is 4.79 Å². The summed E-state index contributed by atoms with van der Waals surface area (Å²) in [4.78, 5) is 26.4. The first kappa shape index (κ1) is 17.1. The zero-order valence-corrected chi connectivity index (χ0v) is 14.3. The number of benzene rings is 1. The first-order chi connectivity index (χ1) is 12.1. The van der Waals surface area contributed by atoms with Crippen molar-refractivity contribution in [2.45, 2.75) is 32.2 Å². The number of hydrogen-bond donors (Lipinski definition) is 3. The van der Waals surface area contributed by atoms with Crippen LogP contribution in [0.3, 0.4) is 0 Å². The van der Waals surface area contributed by atoms with Crippen molar-refractivity contribution in [2.24, 2.45) is 0 Å². The maximum absolute atomic E-state index is 12.1. The van der Waals surface area contributed by atoms with Crippen LogP contribution < -0.4 is 20.9 Å². The Hall–Kier alpha value is -2.76. The van der Waals surface area contributed by atoms with Crippen molar-refractivity contribution in [1.82, 2.24) is 15.6 Å². The highest BCUT2D eigenvalue weighted by Crippen LogP contribution is 2.27. The van der Waals surface area contributed by atoms with Crippen molar-refractivity contribution in [3.05, 3.63) is 63.6 Å². The topological polar surface area (TPSA) is 83.2 Å². The zero-order valence-electron chi connectivity index (χ0n) is 14.3. The Balaban J connectivity index is 1.46. The highest BCUT2D eigenvalue weighted by molar-refractivity contribution is 5.74. The van der Waals surface area contributed by atoms with Gasteiger partial charge in [0, 0.05) is 11.8 Å². The number of aromatic nitrogens is 1. The van der Waals surface area contributed by atoms with E-state index < -0.39 is 0 Å². The number of H-pyrrole nitrogens is 1. The summed E-state index contributed by atoms with van der Waals surface area (Å²) in [6.07, 6.45) is 2.65. The second-order valence-corrected chi connectivity index (χ2v) is 6.27. The Morgan fingerprint density at radius 1 is 1.32 bits per heavy atom.